The Kier molecular flexibility index (Phi) is 2.22. The number of hydrogen-bond donors (Lipinski definition) is 0. The molecule has 0 heterocycles. The van der Waals surface area contributed by atoms with Crippen LogP contribution >= 0.6 is 0 Å². The fourth-order valence-corrected chi connectivity index (χ4v) is 1.27. The molecule has 0 unspecified atom stereocenters. The van der Waals surface area contributed by atoms with E-state index >= 15 is 0 Å². The van der Waals surface area contributed by atoms with E-state index in [4.69, 9.17) is 4.74 Å². The molecule has 1 aliphatic carbocycles. The van der Waals surface area contributed by atoms with E-state index in [9.17, 15) is 4.79 Å². The Morgan fingerprint density at radius 1 is 1.67 bits per heavy atom. The maximum absolute atomic E-state index is 10.1. The molecule has 0 saturated heterocycles. The molecular weight excluding hydrogens is 116 g/mol. The third-order valence-corrected chi connectivity index (χ3v) is 1.87. The van der Waals surface area contributed by atoms with E-state index in [-0.39, 0.29) is 0 Å². The van der Waals surface area contributed by atoms with Crippen molar-refractivity contribution in [1.82, 2.24) is 0 Å². The number of carbonyl (C=O) groups is 1. The van der Waals surface area contributed by atoms with Gasteiger partial charge in [0.25, 0.3) is 0 Å². The van der Waals surface area contributed by atoms with Gasteiger partial charge in [0.1, 0.15) is 6.29 Å². The lowest BCUT2D eigenvalue weighted by Gasteiger charge is -2.30. The van der Waals surface area contributed by atoms with Crippen molar-refractivity contribution in [2.24, 2.45) is 11.8 Å². The van der Waals surface area contributed by atoms with Gasteiger partial charge >= 0.3 is 0 Å². The predicted molar refractivity (Wildman–Crippen MR) is 34.2 cm³/mol. The first kappa shape index (κ1) is 6.75. The number of methoxy groups -OCH3 is 1. The molecule has 0 spiro atoms. The molecule has 0 aromatic rings. The molecule has 0 atom stereocenters. The Hall–Kier alpha value is -0.370. The quantitative estimate of drug-likeness (QED) is 0.527. The Bertz CT molecular complexity index is 95.1. The van der Waals surface area contributed by atoms with Crippen LogP contribution in [0.3, 0.4) is 0 Å². The second-order valence-electron chi connectivity index (χ2n) is 2.69. The molecule has 1 saturated carbocycles. The minimum absolute atomic E-state index is 0.338. The zero-order valence-electron chi connectivity index (χ0n) is 5.67. The molecule has 1 fully saturated rings. The van der Waals surface area contributed by atoms with E-state index in [1.165, 1.54) is 0 Å². The van der Waals surface area contributed by atoms with Gasteiger partial charge in [0.05, 0.1) is 0 Å². The van der Waals surface area contributed by atoms with E-state index in [0.29, 0.717) is 11.8 Å². The Morgan fingerprint density at radius 3 is 2.78 bits per heavy atom. The number of ether oxygens (including phenoxy) is 1. The van der Waals surface area contributed by atoms with Gasteiger partial charge in [0.15, 0.2) is 0 Å². The second-order valence-corrected chi connectivity index (χ2v) is 2.69. The molecule has 1 aliphatic rings. The van der Waals surface area contributed by atoms with Crippen LogP contribution in [0.25, 0.3) is 0 Å². The minimum Gasteiger partial charge on any atom is -0.384 e. The average Bonchev–Trinajstić information content (AvgIpc) is 1.77. The normalized spacial score (nSPS) is 33.4. The number of aldehydes is 1. The molecule has 0 aromatic heterocycles. The van der Waals surface area contributed by atoms with Gasteiger partial charge in [0, 0.05) is 19.6 Å². The summed E-state index contributed by atoms with van der Waals surface area (Å²) in [6, 6.07) is 0. The highest BCUT2D eigenvalue weighted by atomic mass is 16.5. The van der Waals surface area contributed by atoms with Gasteiger partial charge in [-0.1, -0.05) is 0 Å². The maximum atomic E-state index is 10.1. The van der Waals surface area contributed by atoms with Crippen LogP contribution in [0.1, 0.15) is 12.8 Å². The number of hydrogen-bond acceptors (Lipinski definition) is 2. The van der Waals surface area contributed by atoms with Crippen LogP contribution in [0.4, 0.5) is 0 Å². The first-order chi connectivity index (χ1) is 4.36. The van der Waals surface area contributed by atoms with E-state index < -0.39 is 0 Å². The van der Waals surface area contributed by atoms with Crippen molar-refractivity contribution in [3.8, 4) is 0 Å². The molecule has 2 nitrogen and oxygen atoms in total. The van der Waals surface area contributed by atoms with Crippen molar-refractivity contribution in [3.05, 3.63) is 0 Å². The van der Waals surface area contributed by atoms with Gasteiger partial charge in [0.2, 0.25) is 0 Å². The van der Waals surface area contributed by atoms with Crippen molar-refractivity contribution in [2.75, 3.05) is 13.7 Å². The molecule has 0 aliphatic heterocycles. The highest BCUT2D eigenvalue weighted by molar-refractivity contribution is 5.54. The predicted octanol–water partition coefficient (Wildman–Crippen LogP) is 0.858. The lowest BCUT2D eigenvalue weighted by atomic mass is 9.76. The molecular formula is C7H12O2. The Balaban J connectivity index is 2.04. The average molecular weight is 128 g/mol. The van der Waals surface area contributed by atoms with Crippen molar-refractivity contribution >= 4 is 6.29 Å². The molecule has 1 rings (SSSR count). The first-order valence-electron chi connectivity index (χ1n) is 3.31. The Morgan fingerprint density at radius 2 is 2.33 bits per heavy atom. The van der Waals surface area contributed by atoms with Gasteiger partial charge in [-0.3, -0.25) is 0 Å². The van der Waals surface area contributed by atoms with Gasteiger partial charge < -0.3 is 9.53 Å². The summed E-state index contributed by atoms with van der Waals surface area (Å²) in [5, 5.41) is 0. The summed E-state index contributed by atoms with van der Waals surface area (Å²) in [4.78, 5) is 10.1. The number of rotatable bonds is 3. The topological polar surface area (TPSA) is 26.3 Å². The van der Waals surface area contributed by atoms with Crippen LogP contribution in [0.2, 0.25) is 0 Å². The Labute approximate surface area is 55.2 Å². The van der Waals surface area contributed by atoms with Crippen LogP contribution in [-0.2, 0) is 9.53 Å². The molecule has 0 aromatic carbocycles. The fourth-order valence-electron chi connectivity index (χ4n) is 1.27. The van der Waals surface area contributed by atoms with Crippen LogP contribution in [0.5, 0.6) is 0 Å². The summed E-state index contributed by atoms with van der Waals surface area (Å²) in [5.74, 6) is 0.996. The third-order valence-electron chi connectivity index (χ3n) is 1.87. The number of carbonyl (C=O) groups excluding carboxylic acids is 1. The second kappa shape index (κ2) is 2.97. The van der Waals surface area contributed by atoms with Crippen molar-refractivity contribution in [1.29, 1.82) is 0 Å². The highest BCUT2D eigenvalue weighted by Gasteiger charge is 2.27. The zero-order valence-corrected chi connectivity index (χ0v) is 5.67. The van der Waals surface area contributed by atoms with E-state index in [1.54, 1.807) is 7.11 Å². The monoisotopic (exact) mass is 128 g/mol. The van der Waals surface area contributed by atoms with E-state index in [2.05, 4.69) is 0 Å². The van der Waals surface area contributed by atoms with Gasteiger partial charge in [-0.05, 0) is 18.8 Å². The molecule has 2 heteroatoms. The SMILES string of the molecule is COCC1CC(C=O)C1. The van der Waals surface area contributed by atoms with Crippen LogP contribution in [0.15, 0.2) is 0 Å². The van der Waals surface area contributed by atoms with Crippen molar-refractivity contribution < 1.29 is 9.53 Å². The minimum atomic E-state index is 0.338. The summed E-state index contributed by atoms with van der Waals surface area (Å²) in [6.45, 7) is 0.824. The fraction of sp³-hybridized carbons (Fsp3) is 0.857. The summed E-state index contributed by atoms with van der Waals surface area (Å²) < 4.78 is 4.92. The van der Waals surface area contributed by atoms with Crippen molar-refractivity contribution in [2.45, 2.75) is 12.8 Å². The lowest BCUT2D eigenvalue weighted by Crippen LogP contribution is -2.27. The first-order valence-corrected chi connectivity index (χ1v) is 3.31. The van der Waals surface area contributed by atoms with Crippen LogP contribution in [0, 0.1) is 11.8 Å². The molecule has 0 radical (unpaired) electrons. The molecule has 0 bridgehead atoms. The summed E-state index contributed by atoms with van der Waals surface area (Å²) in [6.07, 6.45) is 3.13. The molecule has 52 valence electrons. The zero-order chi connectivity index (χ0) is 6.69. The summed E-state index contributed by atoms with van der Waals surface area (Å²) >= 11 is 0. The highest BCUT2D eigenvalue weighted by Crippen LogP contribution is 2.31. The molecule has 9 heavy (non-hydrogen) atoms. The van der Waals surface area contributed by atoms with Crippen LogP contribution < -0.4 is 0 Å². The van der Waals surface area contributed by atoms with Crippen molar-refractivity contribution in [3.63, 3.8) is 0 Å². The summed E-state index contributed by atoms with van der Waals surface area (Å²) in [5.41, 5.74) is 0. The molecule has 0 amide bonds. The standard InChI is InChI=1S/C7H12O2/c1-9-5-7-2-6(3-7)4-8/h4,6-7H,2-3,5H2,1H3. The van der Waals surface area contributed by atoms with Crippen LogP contribution in [-0.4, -0.2) is 20.0 Å². The van der Waals surface area contributed by atoms with Gasteiger partial charge in [-0.2, -0.15) is 0 Å². The smallest absolute Gasteiger partial charge is 0.123 e. The third kappa shape index (κ3) is 1.52. The van der Waals surface area contributed by atoms with Gasteiger partial charge in [-0.15, -0.1) is 0 Å². The molecule has 0 N–H and O–H groups in total. The maximum Gasteiger partial charge on any atom is 0.123 e. The van der Waals surface area contributed by atoms with E-state index in [1.807, 2.05) is 0 Å². The summed E-state index contributed by atoms with van der Waals surface area (Å²) in [7, 11) is 1.70. The lowest BCUT2D eigenvalue weighted by molar-refractivity contribution is -0.115. The van der Waals surface area contributed by atoms with E-state index in [0.717, 1.165) is 25.7 Å². The van der Waals surface area contributed by atoms with Gasteiger partial charge in [-0.25, -0.2) is 0 Å². The largest absolute Gasteiger partial charge is 0.384 e.